The van der Waals surface area contributed by atoms with Gasteiger partial charge in [-0.2, -0.15) is 0 Å². The molecular weight excluding hydrogens is 319 g/mol. The molecule has 2 aliphatic rings. The molecule has 2 heterocycles. The lowest BCUT2D eigenvalue weighted by atomic mass is 9.99. The van der Waals surface area contributed by atoms with E-state index in [2.05, 4.69) is 17.1 Å². The zero-order chi connectivity index (χ0) is 17.6. The number of anilines is 1. The van der Waals surface area contributed by atoms with Gasteiger partial charge >= 0.3 is 6.03 Å². The number of carbonyl (C=O) groups is 1. The van der Waals surface area contributed by atoms with Gasteiger partial charge in [-0.15, -0.1) is 0 Å². The Morgan fingerprint density at radius 1 is 1.12 bits per heavy atom. The van der Waals surface area contributed by atoms with E-state index in [0.717, 1.165) is 25.6 Å². The SMILES string of the molecule is CC1CCN(CCNC(=O)N2CCN(c3ccccc3F)CC2)CC1. The summed E-state index contributed by atoms with van der Waals surface area (Å²) < 4.78 is 13.9. The molecule has 2 aliphatic heterocycles. The summed E-state index contributed by atoms with van der Waals surface area (Å²) in [5.41, 5.74) is 0.627. The van der Waals surface area contributed by atoms with Crippen molar-refractivity contribution in [2.45, 2.75) is 19.8 Å². The van der Waals surface area contributed by atoms with Crippen LogP contribution in [-0.4, -0.2) is 68.2 Å². The van der Waals surface area contributed by atoms with Crippen LogP contribution >= 0.6 is 0 Å². The molecule has 1 N–H and O–H groups in total. The summed E-state index contributed by atoms with van der Waals surface area (Å²) in [6.07, 6.45) is 2.51. The van der Waals surface area contributed by atoms with Crippen LogP contribution in [-0.2, 0) is 0 Å². The molecule has 0 aliphatic carbocycles. The normalized spacial score (nSPS) is 19.9. The van der Waals surface area contributed by atoms with Crippen molar-refractivity contribution in [1.29, 1.82) is 0 Å². The van der Waals surface area contributed by atoms with Gasteiger partial charge in [-0.05, 0) is 44.0 Å². The van der Waals surface area contributed by atoms with Crippen LogP contribution in [0.1, 0.15) is 19.8 Å². The predicted molar refractivity (Wildman–Crippen MR) is 98.4 cm³/mol. The summed E-state index contributed by atoms with van der Waals surface area (Å²) in [5.74, 6) is 0.632. The Kier molecular flexibility index (Phi) is 6.13. The highest BCUT2D eigenvalue weighted by molar-refractivity contribution is 5.74. The second kappa shape index (κ2) is 8.52. The Bertz CT molecular complexity index is 566. The molecule has 0 spiro atoms. The third-order valence-corrected chi connectivity index (χ3v) is 5.34. The number of likely N-dealkylation sites (tertiary alicyclic amines) is 1. The maximum absolute atomic E-state index is 13.9. The van der Waals surface area contributed by atoms with E-state index in [0.29, 0.717) is 38.4 Å². The van der Waals surface area contributed by atoms with Crippen molar-refractivity contribution in [2.24, 2.45) is 5.92 Å². The Hall–Kier alpha value is -1.82. The third kappa shape index (κ3) is 4.84. The molecule has 2 fully saturated rings. The molecule has 2 amide bonds. The van der Waals surface area contributed by atoms with Crippen LogP contribution in [0.25, 0.3) is 0 Å². The molecule has 5 nitrogen and oxygen atoms in total. The number of benzene rings is 1. The molecule has 2 saturated heterocycles. The van der Waals surface area contributed by atoms with E-state index in [1.165, 1.54) is 18.9 Å². The van der Waals surface area contributed by atoms with Crippen LogP contribution in [0.4, 0.5) is 14.9 Å². The highest BCUT2D eigenvalue weighted by Crippen LogP contribution is 2.20. The summed E-state index contributed by atoms with van der Waals surface area (Å²) in [5, 5.41) is 3.03. The lowest BCUT2D eigenvalue weighted by molar-refractivity contribution is 0.179. The number of urea groups is 1. The number of rotatable bonds is 4. The summed E-state index contributed by atoms with van der Waals surface area (Å²) in [4.78, 5) is 18.6. The van der Waals surface area contributed by atoms with Gasteiger partial charge in [0.25, 0.3) is 0 Å². The topological polar surface area (TPSA) is 38.8 Å². The third-order valence-electron chi connectivity index (χ3n) is 5.34. The molecule has 0 saturated carbocycles. The van der Waals surface area contributed by atoms with Crippen LogP contribution in [0.5, 0.6) is 0 Å². The number of hydrogen-bond acceptors (Lipinski definition) is 3. The highest BCUT2D eigenvalue weighted by atomic mass is 19.1. The fraction of sp³-hybridized carbons (Fsp3) is 0.632. The van der Waals surface area contributed by atoms with Crippen LogP contribution in [0, 0.1) is 11.7 Å². The van der Waals surface area contributed by atoms with Crippen molar-refractivity contribution in [3.8, 4) is 0 Å². The number of halogens is 1. The minimum absolute atomic E-state index is 0.00133. The quantitative estimate of drug-likeness (QED) is 0.908. The first-order valence-electron chi connectivity index (χ1n) is 9.38. The van der Waals surface area contributed by atoms with E-state index in [1.807, 2.05) is 15.9 Å². The van der Waals surface area contributed by atoms with Crippen molar-refractivity contribution >= 4 is 11.7 Å². The van der Waals surface area contributed by atoms with E-state index in [1.54, 1.807) is 12.1 Å². The fourth-order valence-corrected chi connectivity index (χ4v) is 3.58. The molecule has 0 radical (unpaired) electrons. The predicted octanol–water partition coefficient (Wildman–Crippen LogP) is 2.39. The number of para-hydroxylation sites is 1. The molecule has 138 valence electrons. The van der Waals surface area contributed by atoms with Crippen molar-refractivity contribution in [2.75, 3.05) is 57.3 Å². The first-order valence-corrected chi connectivity index (χ1v) is 9.38. The van der Waals surface area contributed by atoms with Crippen molar-refractivity contribution < 1.29 is 9.18 Å². The lowest BCUT2D eigenvalue weighted by Gasteiger charge is -2.36. The first-order chi connectivity index (χ1) is 12.1. The van der Waals surface area contributed by atoms with E-state index in [9.17, 15) is 9.18 Å². The van der Waals surface area contributed by atoms with Crippen LogP contribution in [0.15, 0.2) is 24.3 Å². The van der Waals surface area contributed by atoms with Crippen molar-refractivity contribution in [1.82, 2.24) is 15.1 Å². The van der Waals surface area contributed by atoms with Gasteiger partial charge < -0.3 is 20.0 Å². The Labute approximate surface area is 149 Å². The first kappa shape index (κ1) is 18.0. The molecular formula is C19H29FN4O. The van der Waals surface area contributed by atoms with Crippen LogP contribution in [0.3, 0.4) is 0 Å². The number of nitrogens with zero attached hydrogens (tertiary/aromatic N) is 3. The lowest BCUT2D eigenvalue weighted by Crippen LogP contribution is -2.53. The zero-order valence-electron chi connectivity index (χ0n) is 15.1. The second-order valence-corrected chi connectivity index (χ2v) is 7.18. The van der Waals surface area contributed by atoms with Crippen LogP contribution < -0.4 is 10.2 Å². The number of carbonyl (C=O) groups excluding carboxylic acids is 1. The number of nitrogens with one attached hydrogen (secondary N) is 1. The summed E-state index contributed by atoms with van der Waals surface area (Å²) in [7, 11) is 0. The molecule has 25 heavy (non-hydrogen) atoms. The average molecular weight is 348 g/mol. The monoisotopic (exact) mass is 348 g/mol. The summed E-state index contributed by atoms with van der Waals surface area (Å²) in [6, 6.07) is 6.82. The van der Waals surface area contributed by atoms with Gasteiger partial charge in [-0.25, -0.2) is 9.18 Å². The summed E-state index contributed by atoms with van der Waals surface area (Å²) in [6.45, 7) is 8.78. The Morgan fingerprint density at radius 2 is 1.80 bits per heavy atom. The average Bonchev–Trinajstić information content (AvgIpc) is 2.64. The molecule has 3 rings (SSSR count). The number of amides is 2. The maximum Gasteiger partial charge on any atom is 0.317 e. The van der Waals surface area contributed by atoms with Gasteiger partial charge in [0.05, 0.1) is 5.69 Å². The highest BCUT2D eigenvalue weighted by Gasteiger charge is 2.22. The van der Waals surface area contributed by atoms with Crippen molar-refractivity contribution in [3.05, 3.63) is 30.1 Å². The standard InChI is InChI=1S/C19H29FN4O/c1-16-6-9-22(10-7-16)11-8-21-19(25)24-14-12-23(13-15-24)18-5-3-2-4-17(18)20/h2-5,16H,6-15H2,1H3,(H,21,25). The second-order valence-electron chi connectivity index (χ2n) is 7.18. The number of hydrogen-bond donors (Lipinski definition) is 1. The van der Waals surface area contributed by atoms with Gasteiger partial charge in [0.2, 0.25) is 0 Å². The molecule has 0 bridgehead atoms. The minimum Gasteiger partial charge on any atom is -0.366 e. The summed E-state index contributed by atoms with van der Waals surface area (Å²) >= 11 is 0. The number of piperazine rings is 1. The van der Waals surface area contributed by atoms with Crippen molar-refractivity contribution in [3.63, 3.8) is 0 Å². The van der Waals surface area contributed by atoms with Crippen LogP contribution in [0.2, 0.25) is 0 Å². The van der Waals surface area contributed by atoms with E-state index < -0.39 is 0 Å². The largest absolute Gasteiger partial charge is 0.366 e. The van der Waals surface area contributed by atoms with Gasteiger partial charge in [0.1, 0.15) is 5.82 Å². The minimum atomic E-state index is -0.198. The molecule has 6 heteroatoms. The molecule has 0 unspecified atom stereocenters. The molecule has 0 aromatic heterocycles. The molecule has 1 aromatic carbocycles. The fourth-order valence-electron chi connectivity index (χ4n) is 3.58. The van der Waals surface area contributed by atoms with Gasteiger partial charge in [-0.1, -0.05) is 19.1 Å². The maximum atomic E-state index is 13.9. The van der Waals surface area contributed by atoms with E-state index in [-0.39, 0.29) is 11.8 Å². The van der Waals surface area contributed by atoms with E-state index >= 15 is 0 Å². The molecule has 1 aromatic rings. The Balaban J connectivity index is 1.38. The van der Waals surface area contributed by atoms with Gasteiger partial charge in [0.15, 0.2) is 0 Å². The Morgan fingerprint density at radius 3 is 2.48 bits per heavy atom. The van der Waals surface area contributed by atoms with Gasteiger partial charge in [0, 0.05) is 39.3 Å². The molecule has 0 atom stereocenters. The van der Waals surface area contributed by atoms with Gasteiger partial charge in [-0.3, -0.25) is 0 Å². The number of piperidine rings is 1. The smallest absolute Gasteiger partial charge is 0.317 e. The zero-order valence-corrected chi connectivity index (χ0v) is 15.1. The van der Waals surface area contributed by atoms with E-state index in [4.69, 9.17) is 0 Å².